The molecule has 0 aliphatic carbocycles. The van der Waals surface area contributed by atoms with Crippen molar-refractivity contribution in [3.05, 3.63) is 23.8 Å². The fraction of sp³-hybridized carbons (Fsp3) is 0.462. The molecular formula is C13H16O5. The Labute approximate surface area is 105 Å². The minimum Gasteiger partial charge on any atom is -0.481 e. The summed E-state index contributed by atoms with van der Waals surface area (Å²) in [7, 11) is 0. The maximum absolute atomic E-state index is 11.5. The van der Waals surface area contributed by atoms with Gasteiger partial charge >= 0.3 is 5.97 Å². The van der Waals surface area contributed by atoms with Gasteiger partial charge < -0.3 is 19.7 Å². The van der Waals surface area contributed by atoms with Gasteiger partial charge in [0.2, 0.25) is 6.79 Å². The van der Waals surface area contributed by atoms with E-state index >= 15 is 0 Å². The quantitative estimate of drug-likeness (QED) is 0.849. The average molecular weight is 252 g/mol. The molecule has 1 aromatic rings. The Balaban J connectivity index is 2.46. The van der Waals surface area contributed by atoms with Crippen molar-refractivity contribution in [3.8, 4) is 11.5 Å². The van der Waals surface area contributed by atoms with Crippen molar-refractivity contribution in [2.24, 2.45) is 0 Å². The molecule has 2 rings (SSSR count). The predicted octanol–water partition coefficient (Wildman–Crippen LogP) is 1.53. The Hall–Kier alpha value is -1.75. The highest BCUT2D eigenvalue weighted by atomic mass is 16.7. The highest BCUT2D eigenvalue weighted by Crippen LogP contribution is 2.38. The van der Waals surface area contributed by atoms with Crippen LogP contribution in [0.15, 0.2) is 18.2 Å². The summed E-state index contributed by atoms with van der Waals surface area (Å²) >= 11 is 0. The summed E-state index contributed by atoms with van der Waals surface area (Å²) in [6.07, 6.45) is -0.604. The third kappa shape index (κ3) is 1.80. The summed E-state index contributed by atoms with van der Waals surface area (Å²) in [5, 5.41) is 19.4. The number of aliphatic carboxylic acids is 1. The third-order valence-electron chi connectivity index (χ3n) is 3.47. The van der Waals surface area contributed by atoms with E-state index in [0.717, 1.165) is 0 Å². The molecule has 5 nitrogen and oxygen atoms in total. The number of benzene rings is 1. The number of hydrogen-bond acceptors (Lipinski definition) is 4. The monoisotopic (exact) mass is 252 g/mol. The average Bonchev–Trinajstić information content (AvgIpc) is 2.83. The van der Waals surface area contributed by atoms with Gasteiger partial charge in [-0.25, -0.2) is 0 Å². The molecule has 0 aromatic heterocycles. The third-order valence-corrected chi connectivity index (χ3v) is 3.47. The summed E-state index contributed by atoms with van der Waals surface area (Å²) in [5.41, 5.74) is -0.843. The van der Waals surface area contributed by atoms with Crippen molar-refractivity contribution in [2.75, 3.05) is 6.79 Å². The molecule has 1 aromatic carbocycles. The molecule has 2 atom stereocenters. The largest absolute Gasteiger partial charge is 0.481 e. The van der Waals surface area contributed by atoms with Crippen LogP contribution in [0.25, 0.3) is 0 Å². The molecule has 0 amide bonds. The number of rotatable bonds is 4. The standard InChI is InChI=1S/C13H16O5/c1-3-11(14)13(2,12(15)16)8-4-5-9-10(6-8)18-7-17-9/h4-6,11,14H,3,7H2,1-2H3,(H,15,16). The molecule has 1 aliphatic heterocycles. The van der Waals surface area contributed by atoms with Crippen molar-refractivity contribution >= 4 is 5.97 Å². The van der Waals surface area contributed by atoms with E-state index in [1.807, 2.05) is 0 Å². The molecule has 0 radical (unpaired) electrons. The molecule has 0 saturated heterocycles. The zero-order valence-electron chi connectivity index (χ0n) is 10.3. The molecule has 98 valence electrons. The number of carboxylic acid groups (broad SMARTS) is 1. The molecule has 0 saturated carbocycles. The summed E-state index contributed by atoms with van der Waals surface area (Å²) in [5.74, 6) is 0.0523. The topological polar surface area (TPSA) is 76.0 Å². The van der Waals surface area contributed by atoms with Gasteiger partial charge in [-0.2, -0.15) is 0 Å². The Kier molecular flexibility index (Phi) is 3.17. The second-order valence-corrected chi connectivity index (χ2v) is 4.50. The van der Waals surface area contributed by atoms with Crippen LogP contribution in [0.1, 0.15) is 25.8 Å². The van der Waals surface area contributed by atoms with E-state index in [0.29, 0.717) is 23.5 Å². The first-order chi connectivity index (χ1) is 8.50. The number of ether oxygens (including phenoxy) is 2. The molecular weight excluding hydrogens is 236 g/mol. The van der Waals surface area contributed by atoms with Crippen LogP contribution in [-0.4, -0.2) is 29.1 Å². The van der Waals surface area contributed by atoms with E-state index in [-0.39, 0.29) is 6.79 Å². The van der Waals surface area contributed by atoms with Crippen LogP contribution in [-0.2, 0) is 10.2 Å². The number of aliphatic hydroxyl groups excluding tert-OH is 1. The van der Waals surface area contributed by atoms with E-state index in [9.17, 15) is 15.0 Å². The number of aliphatic hydroxyl groups is 1. The lowest BCUT2D eigenvalue weighted by molar-refractivity contribution is -0.148. The molecule has 18 heavy (non-hydrogen) atoms. The highest BCUT2D eigenvalue weighted by molar-refractivity contribution is 5.82. The second-order valence-electron chi connectivity index (χ2n) is 4.50. The Morgan fingerprint density at radius 1 is 1.44 bits per heavy atom. The Morgan fingerprint density at radius 3 is 2.72 bits per heavy atom. The molecule has 1 heterocycles. The number of hydrogen-bond donors (Lipinski definition) is 2. The molecule has 2 N–H and O–H groups in total. The van der Waals surface area contributed by atoms with Crippen LogP contribution in [0.4, 0.5) is 0 Å². The summed E-state index contributed by atoms with van der Waals surface area (Å²) in [6.45, 7) is 3.40. The van der Waals surface area contributed by atoms with E-state index in [1.54, 1.807) is 25.1 Å². The van der Waals surface area contributed by atoms with Crippen molar-refractivity contribution in [2.45, 2.75) is 31.8 Å². The lowest BCUT2D eigenvalue weighted by atomic mass is 9.76. The maximum Gasteiger partial charge on any atom is 0.316 e. The summed E-state index contributed by atoms with van der Waals surface area (Å²) in [4.78, 5) is 11.5. The number of fused-ring (bicyclic) bond motifs is 1. The van der Waals surface area contributed by atoms with Gasteiger partial charge in [0.05, 0.1) is 6.10 Å². The Bertz CT molecular complexity index is 470. The first-order valence-corrected chi connectivity index (χ1v) is 5.81. The second kappa shape index (κ2) is 4.49. The van der Waals surface area contributed by atoms with Crippen LogP contribution in [0.5, 0.6) is 11.5 Å². The molecule has 0 spiro atoms. The van der Waals surface area contributed by atoms with E-state index < -0.39 is 17.5 Å². The van der Waals surface area contributed by atoms with Gasteiger partial charge in [-0.3, -0.25) is 4.79 Å². The maximum atomic E-state index is 11.5. The molecule has 1 aliphatic rings. The van der Waals surface area contributed by atoms with Gasteiger partial charge in [0.15, 0.2) is 11.5 Å². The van der Waals surface area contributed by atoms with Gasteiger partial charge in [-0.05, 0) is 31.0 Å². The van der Waals surface area contributed by atoms with Crippen molar-refractivity contribution in [1.82, 2.24) is 0 Å². The van der Waals surface area contributed by atoms with Gasteiger partial charge in [0.25, 0.3) is 0 Å². The van der Waals surface area contributed by atoms with Gasteiger partial charge in [0.1, 0.15) is 5.41 Å². The molecule has 0 fully saturated rings. The SMILES string of the molecule is CCC(O)C(C)(C(=O)O)c1ccc2c(c1)OCO2. The van der Waals surface area contributed by atoms with Gasteiger partial charge in [0, 0.05) is 0 Å². The Morgan fingerprint density at radius 2 is 2.11 bits per heavy atom. The first kappa shape index (κ1) is 12.7. The zero-order chi connectivity index (χ0) is 13.3. The van der Waals surface area contributed by atoms with Crippen LogP contribution in [0.3, 0.4) is 0 Å². The van der Waals surface area contributed by atoms with Crippen LogP contribution in [0, 0.1) is 0 Å². The minimum atomic E-state index is -1.35. The molecule has 2 unspecified atom stereocenters. The first-order valence-electron chi connectivity index (χ1n) is 5.81. The van der Waals surface area contributed by atoms with Crippen molar-refractivity contribution in [3.63, 3.8) is 0 Å². The van der Waals surface area contributed by atoms with E-state index in [1.165, 1.54) is 6.92 Å². The number of carboxylic acids is 1. The van der Waals surface area contributed by atoms with Gasteiger partial charge in [-0.15, -0.1) is 0 Å². The normalized spacial score (nSPS) is 18.2. The minimum absolute atomic E-state index is 0.138. The van der Waals surface area contributed by atoms with Gasteiger partial charge in [-0.1, -0.05) is 13.0 Å². The smallest absolute Gasteiger partial charge is 0.316 e. The molecule has 5 heteroatoms. The number of carbonyl (C=O) groups is 1. The summed E-state index contributed by atoms with van der Waals surface area (Å²) < 4.78 is 10.4. The lowest BCUT2D eigenvalue weighted by Crippen LogP contribution is -2.43. The van der Waals surface area contributed by atoms with Crippen molar-refractivity contribution in [1.29, 1.82) is 0 Å². The van der Waals surface area contributed by atoms with Crippen LogP contribution >= 0.6 is 0 Å². The zero-order valence-corrected chi connectivity index (χ0v) is 10.3. The van der Waals surface area contributed by atoms with Crippen LogP contribution in [0.2, 0.25) is 0 Å². The van der Waals surface area contributed by atoms with E-state index in [4.69, 9.17) is 9.47 Å². The molecule has 0 bridgehead atoms. The lowest BCUT2D eigenvalue weighted by Gasteiger charge is -2.30. The van der Waals surface area contributed by atoms with Crippen LogP contribution < -0.4 is 9.47 Å². The summed E-state index contributed by atoms with van der Waals surface area (Å²) in [6, 6.07) is 4.94. The predicted molar refractivity (Wildman–Crippen MR) is 63.9 cm³/mol. The van der Waals surface area contributed by atoms with E-state index in [2.05, 4.69) is 0 Å². The fourth-order valence-electron chi connectivity index (χ4n) is 2.09. The van der Waals surface area contributed by atoms with Crippen molar-refractivity contribution < 1.29 is 24.5 Å². The fourth-order valence-corrected chi connectivity index (χ4v) is 2.09. The highest BCUT2D eigenvalue weighted by Gasteiger charge is 2.42.